The molecule has 0 spiro atoms. The van der Waals surface area contributed by atoms with Crippen molar-refractivity contribution in [2.75, 3.05) is 0 Å². The van der Waals surface area contributed by atoms with Gasteiger partial charge >= 0.3 is 0 Å². The molecule has 1 N–H and O–H groups in total. The van der Waals surface area contributed by atoms with Gasteiger partial charge in [-0.15, -0.1) is 0 Å². The molecule has 2 saturated heterocycles. The van der Waals surface area contributed by atoms with Gasteiger partial charge in [-0.05, 0) is 84.5 Å². The lowest BCUT2D eigenvalue weighted by atomic mass is 9.67. The summed E-state index contributed by atoms with van der Waals surface area (Å²) in [5.74, 6) is 0. The number of hydrogen-bond donors (Lipinski definition) is 1. The summed E-state index contributed by atoms with van der Waals surface area (Å²) in [6.45, 7) is 0. The van der Waals surface area contributed by atoms with Gasteiger partial charge in [0.25, 0.3) is 0 Å². The molecule has 4 atom stereocenters. The second kappa shape index (κ2) is 12.9. The van der Waals surface area contributed by atoms with Crippen LogP contribution in [0.4, 0.5) is 0 Å². The minimum absolute atomic E-state index is 0.0143. The van der Waals surface area contributed by atoms with Crippen LogP contribution < -0.4 is 5.32 Å². The zero-order valence-corrected chi connectivity index (χ0v) is 30.3. The van der Waals surface area contributed by atoms with Crippen LogP contribution in [0, 0.1) is 0 Å². The van der Waals surface area contributed by atoms with Crippen molar-refractivity contribution in [2.45, 2.75) is 23.9 Å². The number of fused-ring (bicyclic) bond motifs is 4. The number of nitrogens with zero attached hydrogens (tertiary/aromatic N) is 2. The second-order valence-electron chi connectivity index (χ2n) is 14.9. The fourth-order valence-corrected chi connectivity index (χ4v) is 9.61. The lowest BCUT2D eigenvalue weighted by molar-refractivity contribution is 0.314. The summed E-state index contributed by atoms with van der Waals surface area (Å²) >= 11 is 0. The molecular weight excluding hydrogens is 667 g/mol. The predicted octanol–water partition coefficient (Wildman–Crippen LogP) is 11.9. The largest absolute Gasteiger partial charge is 0.276 e. The number of hydrazine groups is 1. The first-order valence-corrected chi connectivity index (χ1v) is 19.3. The molecule has 3 aliphatic rings. The van der Waals surface area contributed by atoms with E-state index in [1.807, 2.05) is 0 Å². The quantitative estimate of drug-likeness (QED) is 0.167. The van der Waals surface area contributed by atoms with Crippen LogP contribution >= 0.6 is 0 Å². The molecule has 11 rings (SSSR count). The van der Waals surface area contributed by atoms with E-state index < -0.39 is 5.41 Å². The van der Waals surface area contributed by atoms with Crippen LogP contribution in [0.25, 0.3) is 33.4 Å². The van der Waals surface area contributed by atoms with E-state index in [1.54, 1.807) is 0 Å². The highest BCUT2D eigenvalue weighted by molar-refractivity contribution is 5.88. The van der Waals surface area contributed by atoms with Gasteiger partial charge in [-0.2, -0.15) is 10.0 Å². The monoisotopic (exact) mass is 705 g/mol. The number of hydrogen-bond acceptors (Lipinski definition) is 3. The summed E-state index contributed by atoms with van der Waals surface area (Å²) in [6.07, 6.45) is 0.0430. The highest BCUT2D eigenvalue weighted by Gasteiger charge is 2.62. The molecule has 3 heteroatoms. The Morgan fingerprint density at radius 3 is 1.36 bits per heavy atom. The van der Waals surface area contributed by atoms with Crippen molar-refractivity contribution >= 4 is 0 Å². The summed E-state index contributed by atoms with van der Waals surface area (Å²) in [5.41, 5.74) is 16.2. The maximum absolute atomic E-state index is 4.09. The second-order valence-corrected chi connectivity index (χ2v) is 14.9. The van der Waals surface area contributed by atoms with Crippen LogP contribution in [0.3, 0.4) is 0 Å². The van der Waals surface area contributed by atoms with Crippen molar-refractivity contribution in [1.29, 1.82) is 0 Å². The Hall–Kier alpha value is -6.36. The molecule has 4 unspecified atom stereocenters. The third-order valence-electron chi connectivity index (χ3n) is 12.0. The van der Waals surface area contributed by atoms with Crippen molar-refractivity contribution in [3.05, 3.63) is 251 Å². The summed E-state index contributed by atoms with van der Waals surface area (Å²) in [5, 5.41) is 9.24. The molecule has 0 aromatic heterocycles. The Morgan fingerprint density at radius 2 is 0.818 bits per heavy atom. The van der Waals surface area contributed by atoms with Crippen LogP contribution in [-0.2, 0) is 5.41 Å². The molecule has 3 nitrogen and oxygen atoms in total. The molecule has 2 heterocycles. The van der Waals surface area contributed by atoms with E-state index in [2.05, 4.69) is 228 Å². The smallest absolute Gasteiger partial charge is 0.120 e. The van der Waals surface area contributed by atoms with Gasteiger partial charge < -0.3 is 0 Å². The fraction of sp³-hybridized carbons (Fsp3) is 0.0769. The first-order chi connectivity index (χ1) is 27.3. The third kappa shape index (κ3) is 5.02. The molecule has 2 aliphatic heterocycles. The van der Waals surface area contributed by atoms with Crippen molar-refractivity contribution in [3.8, 4) is 33.4 Å². The van der Waals surface area contributed by atoms with Gasteiger partial charge in [0.1, 0.15) is 18.5 Å². The van der Waals surface area contributed by atoms with Crippen LogP contribution in [0.1, 0.15) is 57.4 Å². The zero-order chi connectivity index (χ0) is 36.3. The Balaban J connectivity index is 1.09. The maximum atomic E-state index is 4.09. The van der Waals surface area contributed by atoms with E-state index >= 15 is 0 Å². The number of benzene rings is 8. The molecule has 8 aromatic rings. The molecule has 262 valence electrons. The van der Waals surface area contributed by atoms with Crippen molar-refractivity contribution in [2.24, 2.45) is 0 Å². The molecule has 0 saturated carbocycles. The summed E-state index contributed by atoms with van der Waals surface area (Å²) in [7, 11) is 0. The molecule has 1 aliphatic carbocycles. The third-order valence-corrected chi connectivity index (χ3v) is 12.0. The Labute approximate surface area is 322 Å². The van der Waals surface area contributed by atoms with Crippen molar-refractivity contribution in [1.82, 2.24) is 15.3 Å². The summed E-state index contributed by atoms with van der Waals surface area (Å²) in [6, 6.07) is 77.9. The van der Waals surface area contributed by atoms with Gasteiger partial charge in [-0.3, -0.25) is 5.32 Å². The first-order valence-electron chi connectivity index (χ1n) is 19.3. The minimum Gasteiger partial charge on any atom is -0.276 e. The highest BCUT2D eigenvalue weighted by Crippen LogP contribution is 2.63. The molecule has 0 radical (unpaired) electrons. The maximum Gasteiger partial charge on any atom is 0.120 e. The van der Waals surface area contributed by atoms with Crippen LogP contribution in [0.2, 0.25) is 0 Å². The fourth-order valence-electron chi connectivity index (χ4n) is 9.61. The molecular formula is C52H39N3. The average molecular weight is 706 g/mol. The van der Waals surface area contributed by atoms with Crippen LogP contribution in [-0.4, -0.2) is 10.0 Å². The number of nitrogens with one attached hydrogen (secondary N) is 1. The Kier molecular flexibility index (Phi) is 7.53. The minimum atomic E-state index is -0.440. The van der Waals surface area contributed by atoms with E-state index in [4.69, 9.17) is 0 Å². The van der Waals surface area contributed by atoms with Gasteiger partial charge in [-0.25, -0.2) is 0 Å². The molecule has 8 aromatic carbocycles. The first kappa shape index (κ1) is 32.1. The van der Waals surface area contributed by atoms with Gasteiger partial charge in [0.2, 0.25) is 0 Å². The zero-order valence-electron chi connectivity index (χ0n) is 30.3. The van der Waals surface area contributed by atoms with E-state index in [0.717, 1.165) is 0 Å². The van der Waals surface area contributed by atoms with Gasteiger partial charge in [0.15, 0.2) is 0 Å². The Morgan fingerprint density at radius 1 is 0.382 bits per heavy atom. The van der Waals surface area contributed by atoms with E-state index in [0.29, 0.717) is 0 Å². The summed E-state index contributed by atoms with van der Waals surface area (Å²) < 4.78 is 0. The van der Waals surface area contributed by atoms with Crippen LogP contribution in [0.5, 0.6) is 0 Å². The highest BCUT2D eigenvalue weighted by atomic mass is 15.9. The van der Waals surface area contributed by atoms with E-state index in [-0.39, 0.29) is 18.5 Å². The SMILES string of the molecule is c1ccc(-c2cccc(C3NC(c4cccc(-c5ccccc5)c4)N4C(c5cccc6c5-c5ccccc5C6(c5ccccc5)c5ccccc5)N34)c2)cc1. The molecule has 0 bridgehead atoms. The Bertz CT molecular complexity index is 2520. The predicted molar refractivity (Wildman–Crippen MR) is 223 cm³/mol. The lowest BCUT2D eigenvalue weighted by Gasteiger charge is -2.34. The summed E-state index contributed by atoms with van der Waals surface area (Å²) in [4.78, 5) is 0. The topological polar surface area (TPSA) is 18.0 Å². The van der Waals surface area contributed by atoms with Gasteiger partial charge in [0, 0.05) is 0 Å². The number of rotatable bonds is 7. The van der Waals surface area contributed by atoms with Crippen molar-refractivity contribution in [3.63, 3.8) is 0 Å². The van der Waals surface area contributed by atoms with E-state index in [9.17, 15) is 0 Å². The normalized spacial score (nSPS) is 21.3. The molecule has 2 fully saturated rings. The van der Waals surface area contributed by atoms with Crippen molar-refractivity contribution < 1.29 is 0 Å². The van der Waals surface area contributed by atoms with E-state index in [1.165, 1.54) is 72.3 Å². The van der Waals surface area contributed by atoms with Gasteiger partial charge in [0.05, 0.1) is 5.41 Å². The molecule has 0 amide bonds. The molecule has 55 heavy (non-hydrogen) atoms. The average Bonchev–Trinajstić information content (AvgIpc) is 3.73. The van der Waals surface area contributed by atoms with Crippen LogP contribution in [0.15, 0.2) is 212 Å². The standard InChI is InChI=1S/C52H39N3/c1-5-18-36(19-6-1)38-22-15-24-40(34-38)49-53-50(41-25-16-23-39(35-41)37-20-7-2-8-21-37)55-51(54(49)55)45-31-17-33-47-48(45)44-30-13-14-32-46(44)52(47,42-26-9-3-10-27-42)43-28-11-4-12-29-43/h1-35,49-51,53H. The van der Waals surface area contributed by atoms with Gasteiger partial charge in [-0.1, -0.05) is 200 Å². The lowest BCUT2D eigenvalue weighted by Crippen LogP contribution is -2.29.